The number of hydrogen-bond acceptors (Lipinski definition) is 2. The van der Waals surface area contributed by atoms with E-state index in [0.29, 0.717) is 5.92 Å². The second-order valence-corrected chi connectivity index (χ2v) is 5.99. The molecule has 0 saturated heterocycles. The fraction of sp³-hybridized carbons (Fsp3) is 0.500. The van der Waals surface area contributed by atoms with Crippen molar-refractivity contribution in [3.8, 4) is 0 Å². The zero-order valence-electron chi connectivity index (χ0n) is 13.5. The Hall–Kier alpha value is -1.61. The van der Waals surface area contributed by atoms with Gasteiger partial charge >= 0.3 is 0 Å². The number of nitrogens with zero attached hydrogens (tertiary/aromatic N) is 2. The summed E-state index contributed by atoms with van der Waals surface area (Å²) in [6, 6.07) is 8.86. The third-order valence-electron chi connectivity index (χ3n) is 3.75. The Morgan fingerprint density at radius 1 is 1.24 bits per heavy atom. The summed E-state index contributed by atoms with van der Waals surface area (Å²) >= 11 is 0. The van der Waals surface area contributed by atoms with Crippen LogP contribution in [0.4, 0.5) is 0 Å². The van der Waals surface area contributed by atoms with Crippen molar-refractivity contribution in [3.05, 3.63) is 53.3 Å². The summed E-state index contributed by atoms with van der Waals surface area (Å²) in [5, 5.41) is 7.85. The number of aryl methyl sites for hydroxylation is 2. The first kappa shape index (κ1) is 15.8. The molecule has 2 aromatic rings. The lowest BCUT2D eigenvalue weighted by Crippen LogP contribution is -2.26. The van der Waals surface area contributed by atoms with Crippen molar-refractivity contribution in [1.29, 1.82) is 0 Å². The van der Waals surface area contributed by atoms with E-state index >= 15 is 0 Å². The van der Waals surface area contributed by atoms with E-state index in [2.05, 4.69) is 54.7 Å². The van der Waals surface area contributed by atoms with Gasteiger partial charge in [-0.25, -0.2) is 0 Å². The van der Waals surface area contributed by atoms with Crippen molar-refractivity contribution in [2.45, 2.75) is 33.1 Å². The van der Waals surface area contributed by atoms with Gasteiger partial charge < -0.3 is 5.32 Å². The first-order chi connectivity index (χ1) is 10.2. The Morgan fingerprint density at radius 2 is 2.05 bits per heavy atom. The number of aromatic nitrogens is 2. The van der Waals surface area contributed by atoms with Crippen LogP contribution in [-0.2, 0) is 19.9 Å². The van der Waals surface area contributed by atoms with Crippen LogP contribution in [-0.4, -0.2) is 22.9 Å². The van der Waals surface area contributed by atoms with Crippen LogP contribution in [0.25, 0.3) is 0 Å². The summed E-state index contributed by atoms with van der Waals surface area (Å²) in [6.45, 7) is 6.53. The summed E-state index contributed by atoms with van der Waals surface area (Å²) in [5.74, 6) is 0.613. The van der Waals surface area contributed by atoms with Gasteiger partial charge in [-0.1, -0.05) is 36.8 Å². The van der Waals surface area contributed by atoms with Crippen molar-refractivity contribution in [2.24, 2.45) is 13.0 Å². The summed E-state index contributed by atoms with van der Waals surface area (Å²) in [7, 11) is 1.98. The second kappa shape index (κ2) is 7.99. The van der Waals surface area contributed by atoms with E-state index in [1.165, 1.54) is 23.1 Å². The second-order valence-electron chi connectivity index (χ2n) is 5.99. The smallest absolute Gasteiger partial charge is 0.0521 e. The van der Waals surface area contributed by atoms with Crippen LogP contribution in [0.1, 0.15) is 30.0 Å². The van der Waals surface area contributed by atoms with Crippen LogP contribution >= 0.6 is 0 Å². The monoisotopic (exact) mass is 285 g/mol. The maximum absolute atomic E-state index is 4.28. The first-order valence-corrected chi connectivity index (χ1v) is 7.91. The fourth-order valence-corrected chi connectivity index (χ4v) is 2.78. The standard InChI is InChI=1S/C18H27N3/c1-4-8-19-12-17(11-18-13-20-21(3)14-18)10-16-7-5-6-15(2)9-16/h5-7,9,13-14,17,19H,4,8,10-12H2,1-3H3. The highest BCUT2D eigenvalue weighted by molar-refractivity contribution is 5.23. The minimum atomic E-state index is 0.613. The topological polar surface area (TPSA) is 29.9 Å². The zero-order valence-corrected chi connectivity index (χ0v) is 13.5. The Kier molecular flexibility index (Phi) is 6.00. The maximum atomic E-state index is 4.28. The zero-order chi connectivity index (χ0) is 15.1. The molecule has 1 aromatic heterocycles. The minimum absolute atomic E-state index is 0.613. The molecule has 114 valence electrons. The van der Waals surface area contributed by atoms with Crippen LogP contribution < -0.4 is 5.32 Å². The van der Waals surface area contributed by atoms with Gasteiger partial charge in [-0.05, 0) is 56.3 Å². The molecular formula is C18H27N3. The van der Waals surface area contributed by atoms with E-state index in [-0.39, 0.29) is 0 Å². The van der Waals surface area contributed by atoms with Gasteiger partial charge in [0.05, 0.1) is 6.20 Å². The first-order valence-electron chi connectivity index (χ1n) is 7.91. The van der Waals surface area contributed by atoms with Gasteiger partial charge in [0.2, 0.25) is 0 Å². The van der Waals surface area contributed by atoms with E-state index in [1.54, 1.807) is 0 Å². The molecule has 0 radical (unpaired) electrons. The normalized spacial score (nSPS) is 12.5. The van der Waals surface area contributed by atoms with Crippen LogP contribution in [0.5, 0.6) is 0 Å². The van der Waals surface area contributed by atoms with E-state index in [0.717, 1.165) is 25.9 Å². The van der Waals surface area contributed by atoms with Gasteiger partial charge in [0.25, 0.3) is 0 Å². The Morgan fingerprint density at radius 3 is 2.71 bits per heavy atom. The van der Waals surface area contributed by atoms with Crippen molar-refractivity contribution < 1.29 is 0 Å². The van der Waals surface area contributed by atoms with Gasteiger partial charge in [0.15, 0.2) is 0 Å². The summed E-state index contributed by atoms with van der Waals surface area (Å²) in [5.41, 5.74) is 4.10. The summed E-state index contributed by atoms with van der Waals surface area (Å²) < 4.78 is 1.89. The van der Waals surface area contributed by atoms with Crippen LogP contribution in [0.3, 0.4) is 0 Å². The molecule has 1 N–H and O–H groups in total. The molecule has 1 atom stereocenters. The lowest BCUT2D eigenvalue weighted by atomic mass is 9.93. The van der Waals surface area contributed by atoms with Gasteiger partial charge in [-0.3, -0.25) is 4.68 Å². The van der Waals surface area contributed by atoms with E-state index < -0.39 is 0 Å². The molecule has 0 aliphatic heterocycles. The molecule has 0 bridgehead atoms. The maximum Gasteiger partial charge on any atom is 0.0521 e. The third-order valence-corrected chi connectivity index (χ3v) is 3.75. The minimum Gasteiger partial charge on any atom is -0.316 e. The van der Waals surface area contributed by atoms with Crippen molar-refractivity contribution >= 4 is 0 Å². The summed E-state index contributed by atoms with van der Waals surface area (Å²) in [4.78, 5) is 0. The van der Waals surface area contributed by atoms with E-state index in [4.69, 9.17) is 0 Å². The number of rotatable bonds is 8. The molecule has 3 nitrogen and oxygen atoms in total. The lowest BCUT2D eigenvalue weighted by Gasteiger charge is -2.17. The fourth-order valence-electron chi connectivity index (χ4n) is 2.78. The molecule has 21 heavy (non-hydrogen) atoms. The highest BCUT2D eigenvalue weighted by Gasteiger charge is 2.12. The molecular weight excluding hydrogens is 258 g/mol. The number of hydrogen-bond donors (Lipinski definition) is 1. The van der Waals surface area contributed by atoms with Gasteiger partial charge in [-0.2, -0.15) is 5.10 Å². The highest BCUT2D eigenvalue weighted by Crippen LogP contribution is 2.15. The Balaban J connectivity index is 2.00. The molecule has 0 saturated carbocycles. The molecule has 2 rings (SSSR count). The molecule has 0 amide bonds. The molecule has 1 aromatic carbocycles. The van der Waals surface area contributed by atoms with Crippen LogP contribution in [0, 0.1) is 12.8 Å². The molecule has 0 aliphatic rings. The SMILES string of the molecule is CCCNCC(Cc1cccc(C)c1)Cc1cnn(C)c1. The average Bonchev–Trinajstić information content (AvgIpc) is 2.84. The highest BCUT2D eigenvalue weighted by atomic mass is 15.2. The largest absolute Gasteiger partial charge is 0.316 e. The Labute approximate surface area is 128 Å². The predicted molar refractivity (Wildman–Crippen MR) is 88.4 cm³/mol. The predicted octanol–water partition coefficient (Wildman–Crippen LogP) is 3.13. The lowest BCUT2D eigenvalue weighted by molar-refractivity contribution is 0.470. The van der Waals surface area contributed by atoms with Crippen molar-refractivity contribution in [1.82, 2.24) is 15.1 Å². The van der Waals surface area contributed by atoms with Gasteiger partial charge in [0, 0.05) is 13.2 Å². The van der Waals surface area contributed by atoms with E-state index in [1.807, 2.05) is 17.9 Å². The van der Waals surface area contributed by atoms with Crippen molar-refractivity contribution in [2.75, 3.05) is 13.1 Å². The average molecular weight is 285 g/mol. The molecule has 1 unspecified atom stereocenters. The Bertz CT molecular complexity index is 545. The molecule has 0 spiro atoms. The van der Waals surface area contributed by atoms with Crippen LogP contribution in [0.15, 0.2) is 36.7 Å². The molecule has 3 heteroatoms. The quantitative estimate of drug-likeness (QED) is 0.755. The molecule has 1 heterocycles. The van der Waals surface area contributed by atoms with Crippen molar-refractivity contribution in [3.63, 3.8) is 0 Å². The number of nitrogens with one attached hydrogen (secondary N) is 1. The van der Waals surface area contributed by atoms with Crippen LogP contribution in [0.2, 0.25) is 0 Å². The van der Waals surface area contributed by atoms with E-state index in [9.17, 15) is 0 Å². The molecule has 0 aliphatic carbocycles. The number of benzene rings is 1. The molecule has 0 fully saturated rings. The third kappa shape index (κ3) is 5.35. The van der Waals surface area contributed by atoms with Gasteiger partial charge in [-0.15, -0.1) is 0 Å². The van der Waals surface area contributed by atoms with Gasteiger partial charge in [0.1, 0.15) is 0 Å². The summed E-state index contributed by atoms with van der Waals surface area (Å²) in [6.07, 6.45) is 7.50.